The van der Waals surface area contributed by atoms with E-state index in [-0.39, 0.29) is 12.4 Å². The first-order valence-corrected chi connectivity index (χ1v) is 8.22. The van der Waals surface area contributed by atoms with Crippen LogP contribution in [-0.2, 0) is 0 Å². The van der Waals surface area contributed by atoms with Crippen molar-refractivity contribution in [3.05, 3.63) is 27.1 Å². The molecule has 1 aromatic rings. The third-order valence-electron chi connectivity index (χ3n) is 3.24. The smallest absolute Gasteiger partial charge is 0.133 e. The van der Waals surface area contributed by atoms with Gasteiger partial charge in [0.1, 0.15) is 18.5 Å². The van der Waals surface area contributed by atoms with Crippen LogP contribution in [0.3, 0.4) is 0 Å². The number of hydrogen-bond acceptors (Lipinski definition) is 3. The molecule has 6 heteroatoms. The Bertz CT molecular complexity index is 414. The summed E-state index contributed by atoms with van der Waals surface area (Å²) in [5.41, 5.74) is 0. The summed E-state index contributed by atoms with van der Waals surface area (Å²) < 4.78 is 7.55. The van der Waals surface area contributed by atoms with Crippen molar-refractivity contribution in [3.63, 3.8) is 0 Å². The maximum absolute atomic E-state index is 10.0. The van der Waals surface area contributed by atoms with Gasteiger partial charge < -0.3 is 14.7 Å². The zero-order valence-corrected chi connectivity index (χ0v) is 15.2. The minimum absolute atomic E-state index is 0. The standard InChI is InChI=1S/C14H19Br2NO2.ClH/c15-11-4-5-14(13(16)8-11)19-10-12(18)9-17-6-2-1-3-7-17;/h4-5,8,12,18H,1-3,6-7,9-10H2;1H. The topological polar surface area (TPSA) is 32.7 Å². The molecule has 1 N–H and O–H groups in total. The highest BCUT2D eigenvalue weighted by atomic mass is 79.9. The van der Waals surface area contributed by atoms with Crippen LogP contribution in [0.15, 0.2) is 27.1 Å². The first-order valence-electron chi connectivity index (χ1n) is 6.63. The van der Waals surface area contributed by atoms with Crippen LogP contribution in [0, 0.1) is 0 Å². The molecule has 0 spiro atoms. The molecular weight excluding hydrogens is 409 g/mol. The van der Waals surface area contributed by atoms with Crippen LogP contribution in [0.1, 0.15) is 19.3 Å². The fraction of sp³-hybridized carbons (Fsp3) is 0.571. The largest absolute Gasteiger partial charge is 0.490 e. The van der Waals surface area contributed by atoms with Crippen molar-refractivity contribution in [1.29, 1.82) is 0 Å². The Labute approximate surface area is 143 Å². The second-order valence-electron chi connectivity index (χ2n) is 4.90. The summed E-state index contributed by atoms with van der Waals surface area (Å²) in [5, 5.41) is 10.0. The molecule has 1 atom stereocenters. The number of β-amino-alcohol motifs (C(OH)–C–C–N with tert-alkyl or cyclic N) is 1. The quantitative estimate of drug-likeness (QED) is 0.772. The molecule has 1 aliphatic heterocycles. The maximum atomic E-state index is 10.0. The molecule has 0 aromatic heterocycles. The molecular formula is C14H20Br2ClNO2. The summed E-state index contributed by atoms with van der Waals surface area (Å²) in [6.07, 6.45) is 3.36. The molecule has 1 unspecified atom stereocenters. The molecule has 0 aliphatic carbocycles. The van der Waals surface area contributed by atoms with Gasteiger partial charge in [-0.25, -0.2) is 0 Å². The lowest BCUT2D eigenvalue weighted by Crippen LogP contribution is -2.38. The van der Waals surface area contributed by atoms with Crippen molar-refractivity contribution in [2.75, 3.05) is 26.2 Å². The predicted molar refractivity (Wildman–Crippen MR) is 90.9 cm³/mol. The fourth-order valence-corrected chi connectivity index (χ4v) is 3.43. The minimum Gasteiger partial charge on any atom is -0.490 e. The Morgan fingerprint density at radius 1 is 1.20 bits per heavy atom. The number of hydrogen-bond donors (Lipinski definition) is 1. The molecule has 0 saturated carbocycles. The first kappa shape index (κ1) is 18.2. The van der Waals surface area contributed by atoms with Crippen molar-refractivity contribution in [2.45, 2.75) is 25.4 Å². The second kappa shape index (κ2) is 9.26. The molecule has 0 amide bonds. The molecule has 1 saturated heterocycles. The number of ether oxygens (including phenoxy) is 1. The average Bonchev–Trinajstić information content (AvgIpc) is 2.39. The van der Waals surface area contributed by atoms with Gasteiger partial charge in [0, 0.05) is 11.0 Å². The lowest BCUT2D eigenvalue weighted by molar-refractivity contribution is 0.0615. The van der Waals surface area contributed by atoms with E-state index in [4.69, 9.17) is 4.74 Å². The normalized spacial score (nSPS) is 17.4. The Kier molecular flexibility index (Phi) is 8.44. The lowest BCUT2D eigenvalue weighted by atomic mass is 10.1. The molecule has 1 fully saturated rings. The van der Waals surface area contributed by atoms with Crippen LogP contribution in [0.2, 0.25) is 0 Å². The van der Waals surface area contributed by atoms with Crippen molar-refractivity contribution in [3.8, 4) is 5.75 Å². The highest BCUT2D eigenvalue weighted by molar-refractivity contribution is 9.11. The SMILES string of the molecule is Cl.OC(COc1ccc(Br)cc1Br)CN1CCCCC1. The zero-order chi connectivity index (χ0) is 13.7. The van der Waals surface area contributed by atoms with Crippen molar-refractivity contribution < 1.29 is 9.84 Å². The number of rotatable bonds is 5. The van der Waals surface area contributed by atoms with E-state index in [2.05, 4.69) is 36.8 Å². The number of benzene rings is 1. The summed E-state index contributed by atoms with van der Waals surface area (Å²) >= 11 is 6.85. The maximum Gasteiger partial charge on any atom is 0.133 e. The zero-order valence-electron chi connectivity index (χ0n) is 11.2. The van der Waals surface area contributed by atoms with Gasteiger partial charge >= 0.3 is 0 Å². The van der Waals surface area contributed by atoms with Gasteiger partial charge in [0.25, 0.3) is 0 Å². The van der Waals surface area contributed by atoms with E-state index in [9.17, 15) is 5.11 Å². The number of piperidine rings is 1. The van der Waals surface area contributed by atoms with Crippen LogP contribution in [-0.4, -0.2) is 42.4 Å². The summed E-state index contributed by atoms with van der Waals surface area (Å²) in [4.78, 5) is 2.31. The third kappa shape index (κ3) is 5.90. The minimum atomic E-state index is -0.436. The van der Waals surface area contributed by atoms with Gasteiger partial charge in [0.05, 0.1) is 4.47 Å². The first-order chi connectivity index (χ1) is 9.15. The Morgan fingerprint density at radius 3 is 2.55 bits per heavy atom. The number of nitrogens with zero attached hydrogens (tertiary/aromatic N) is 1. The molecule has 1 aliphatic rings. The molecule has 2 rings (SSSR count). The van der Waals surface area contributed by atoms with Crippen molar-refractivity contribution in [2.24, 2.45) is 0 Å². The van der Waals surface area contributed by atoms with E-state index in [1.54, 1.807) is 0 Å². The third-order valence-corrected chi connectivity index (χ3v) is 4.36. The van der Waals surface area contributed by atoms with Gasteiger partial charge in [-0.2, -0.15) is 0 Å². The molecule has 1 aromatic carbocycles. The molecule has 114 valence electrons. The van der Waals surface area contributed by atoms with Gasteiger partial charge in [-0.3, -0.25) is 0 Å². The molecule has 0 radical (unpaired) electrons. The van der Waals surface area contributed by atoms with Crippen molar-refractivity contribution >= 4 is 44.3 Å². The van der Waals surface area contributed by atoms with Gasteiger partial charge in [0.15, 0.2) is 0 Å². The van der Waals surface area contributed by atoms with Crippen LogP contribution >= 0.6 is 44.3 Å². The Hall–Kier alpha value is 0.190. The molecule has 1 heterocycles. The fourth-order valence-electron chi connectivity index (χ4n) is 2.27. The van der Waals surface area contributed by atoms with E-state index in [0.29, 0.717) is 13.2 Å². The van der Waals surface area contributed by atoms with E-state index >= 15 is 0 Å². The average molecular weight is 430 g/mol. The highest BCUT2D eigenvalue weighted by Crippen LogP contribution is 2.28. The van der Waals surface area contributed by atoms with E-state index < -0.39 is 6.10 Å². The monoisotopic (exact) mass is 427 g/mol. The molecule has 0 bridgehead atoms. The van der Waals surface area contributed by atoms with Crippen LogP contribution in [0.5, 0.6) is 5.75 Å². The number of aliphatic hydroxyl groups is 1. The van der Waals surface area contributed by atoms with E-state index in [0.717, 1.165) is 27.8 Å². The predicted octanol–water partition coefficient (Wildman–Crippen LogP) is 3.86. The van der Waals surface area contributed by atoms with Crippen LogP contribution < -0.4 is 4.74 Å². The lowest BCUT2D eigenvalue weighted by Gasteiger charge is -2.28. The van der Waals surface area contributed by atoms with Gasteiger partial charge in [-0.1, -0.05) is 22.4 Å². The van der Waals surface area contributed by atoms with Gasteiger partial charge in [-0.15, -0.1) is 12.4 Å². The molecule has 3 nitrogen and oxygen atoms in total. The van der Waals surface area contributed by atoms with Crippen molar-refractivity contribution in [1.82, 2.24) is 4.90 Å². The summed E-state index contributed by atoms with van der Waals surface area (Å²) in [7, 11) is 0. The Morgan fingerprint density at radius 2 is 1.90 bits per heavy atom. The van der Waals surface area contributed by atoms with E-state index in [1.807, 2.05) is 18.2 Å². The Balaban J connectivity index is 0.00000200. The summed E-state index contributed by atoms with van der Waals surface area (Å²) in [6.45, 7) is 3.23. The molecule has 20 heavy (non-hydrogen) atoms. The second-order valence-corrected chi connectivity index (χ2v) is 6.67. The van der Waals surface area contributed by atoms with E-state index in [1.165, 1.54) is 19.3 Å². The van der Waals surface area contributed by atoms with Gasteiger partial charge in [-0.05, 0) is 60.1 Å². The number of halogens is 3. The number of aliphatic hydroxyl groups excluding tert-OH is 1. The number of likely N-dealkylation sites (tertiary alicyclic amines) is 1. The summed E-state index contributed by atoms with van der Waals surface area (Å²) in [6, 6.07) is 5.76. The van der Waals surface area contributed by atoms with Gasteiger partial charge in [0.2, 0.25) is 0 Å². The van der Waals surface area contributed by atoms with Crippen LogP contribution in [0.4, 0.5) is 0 Å². The summed E-state index contributed by atoms with van der Waals surface area (Å²) in [5.74, 6) is 0.765. The highest BCUT2D eigenvalue weighted by Gasteiger charge is 2.15. The van der Waals surface area contributed by atoms with Crippen LogP contribution in [0.25, 0.3) is 0 Å².